The van der Waals surface area contributed by atoms with Crippen molar-refractivity contribution in [3.8, 4) is 0 Å². The maximum atomic E-state index is 10.6. The zero-order chi connectivity index (χ0) is 11.6. The summed E-state index contributed by atoms with van der Waals surface area (Å²) in [6.07, 6.45) is -1.32. The molecule has 0 radical (unpaired) electrons. The molecule has 0 aliphatic rings. The van der Waals surface area contributed by atoms with E-state index in [0.29, 0.717) is 10.6 Å². The lowest BCUT2D eigenvalue weighted by atomic mass is 10.2. The van der Waals surface area contributed by atoms with Crippen LogP contribution in [0.1, 0.15) is 5.56 Å². The fraction of sp³-hybridized carbons (Fsp3) is 0. The topological polar surface area (TPSA) is 92.6 Å². The summed E-state index contributed by atoms with van der Waals surface area (Å²) in [4.78, 5) is 10.8. The Balaban J connectivity index is 3.22. The standard InChI is InChI=1S/C8H8ClN3O2S/c9-5-2-1-4(7(10)15)3-6(5)12(11)8(13)14/h1-3H,11H2,(H2,10,15)(H,13,14). The van der Waals surface area contributed by atoms with Crippen LogP contribution in [0.4, 0.5) is 10.5 Å². The molecule has 0 aliphatic carbocycles. The first-order valence-corrected chi connectivity index (χ1v) is 4.59. The molecule has 1 aromatic carbocycles. The molecule has 7 heteroatoms. The van der Waals surface area contributed by atoms with Crippen molar-refractivity contribution < 1.29 is 9.90 Å². The van der Waals surface area contributed by atoms with Crippen LogP contribution < -0.4 is 16.6 Å². The quantitative estimate of drug-likeness (QED) is 0.316. The fourth-order valence-corrected chi connectivity index (χ4v) is 1.29. The number of hydrazine groups is 1. The first kappa shape index (κ1) is 11.7. The van der Waals surface area contributed by atoms with Crippen molar-refractivity contribution in [1.29, 1.82) is 0 Å². The smallest absolute Gasteiger partial charge is 0.426 e. The molecular formula is C8H8ClN3O2S. The number of halogens is 1. The van der Waals surface area contributed by atoms with Crippen LogP contribution in [-0.2, 0) is 0 Å². The molecular weight excluding hydrogens is 238 g/mol. The van der Waals surface area contributed by atoms with E-state index in [2.05, 4.69) is 0 Å². The van der Waals surface area contributed by atoms with Crippen molar-refractivity contribution in [2.24, 2.45) is 11.6 Å². The first-order chi connectivity index (χ1) is 6.93. The molecule has 80 valence electrons. The fourth-order valence-electron chi connectivity index (χ4n) is 0.954. The third-order valence-electron chi connectivity index (χ3n) is 1.70. The monoisotopic (exact) mass is 245 g/mol. The van der Waals surface area contributed by atoms with Crippen LogP contribution in [0, 0.1) is 0 Å². The maximum Gasteiger partial charge on any atom is 0.426 e. The summed E-state index contributed by atoms with van der Waals surface area (Å²) in [5.74, 6) is 5.27. The van der Waals surface area contributed by atoms with Crippen molar-refractivity contribution in [1.82, 2.24) is 0 Å². The minimum absolute atomic E-state index is 0.134. The third-order valence-corrected chi connectivity index (χ3v) is 2.25. The Morgan fingerprint density at radius 1 is 1.53 bits per heavy atom. The zero-order valence-electron chi connectivity index (χ0n) is 7.48. The molecule has 5 nitrogen and oxygen atoms in total. The van der Waals surface area contributed by atoms with Crippen molar-refractivity contribution >= 4 is 40.6 Å². The molecule has 0 bridgehead atoms. The lowest BCUT2D eigenvalue weighted by molar-refractivity contribution is 0.202. The van der Waals surface area contributed by atoms with Crippen molar-refractivity contribution in [2.45, 2.75) is 0 Å². The van der Waals surface area contributed by atoms with Gasteiger partial charge in [0.05, 0.1) is 10.7 Å². The Morgan fingerprint density at radius 3 is 2.60 bits per heavy atom. The van der Waals surface area contributed by atoms with Gasteiger partial charge in [0.25, 0.3) is 0 Å². The van der Waals surface area contributed by atoms with Crippen LogP contribution in [0.2, 0.25) is 5.02 Å². The molecule has 0 fully saturated rings. The summed E-state index contributed by atoms with van der Waals surface area (Å²) in [6, 6.07) is 4.48. The van der Waals surface area contributed by atoms with Gasteiger partial charge in [0.15, 0.2) is 0 Å². The number of nitrogens with zero attached hydrogens (tertiary/aromatic N) is 1. The highest BCUT2D eigenvalue weighted by Gasteiger charge is 2.14. The van der Waals surface area contributed by atoms with E-state index in [9.17, 15) is 4.79 Å². The Kier molecular flexibility index (Phi) is 3.46. The van der Waals surface area contributed by atoms with E-state index in [1.165, 1.54) is 12.1 Å². The molecule has 0 saturated heterocycles. The number of hydrogen-bond donors (Lipinski definition) is 3. The zero-order valence-corrected chi connectivity index (χ0v) is 9.05. The minimum atomic E-state index is -1.32. The highest BCUT2D eigenvalue weighted by Crippen LogP contribution is 2.25. The second-order valence-electron chi connectivity index (χ2n) is 2.68. The van der Waals surface area contributed by atoms with E-state index >= 15 is 0 Å². The molecule has 0 saturated carbocycles. The molecule has 15 heavy (non-hydrogen) atoms. The van der Waals surface area contributed by atoms with Gasteiger partial charge in [-0.25, -0.2) is 15.6 Å². The van der Waals surface area contributed by atoms with Gasteiger partial charge in [-0.2, -0.15) is 0 Å². The minimum Gasteiger partial charge on any atom is -0.464 e. The van der Waals surface area contributed by atoms with Gasteiger partial charge in [-0.1, -0.05) is 29.9 Å². The first-order valence-electron chi connectivity index (χ1n) is 3.80. The molecule has 5 N–H and O–H groups in total. The van der Waals surface area contributed by atoms with Crippen molar-refractivity contribution in [3.05, 3.63) is 28.8 Å². The van der Waals surface area contributed by atoms with Crippen LogP contribution in [0.25, 0.3) is 0 Å². The van der Waals surface area contributed by atoms with E-state index < -0.39 is 6.09 Å². The number of anilines is 1. The molecule has 1 rings (SSSR count). The van der Waals surface area contributed by atoms with E-state index in [0.717, 1.165) is 0 Å². The van der Waals surface area contributed by atoms with Crippen LogP contribution in [-0.4, -0.2) is 16.2 Å². The van der Waals surface area contributed by atoms with Crippen molar-refractivity contribution in [2.75, 3.05) is 5.01 Å². The Morgan fingerprint density at radius 2 is 2.13 bits per heavy atom. The number of hydrogen-bond acceptors (Lipinski definition) is 3. The third kappa shape index (κ3) is 2.56. The Bertz CT molecular complexity index is 424. The van der Waals surface area contributed by atoms with E-state index in [-0.39, 0.29) is 15.7 Å². The lowest BCUT2D eigenvalue weighted by Crippen LogP contribution is -2.36. The number of nitrogens with two attached hydrogens (primary N) is 2. The van der Waals surface area contributed by atoms with E-state index in [1.807, 2.05) is 0 Å². The predicted molar refractivity (Wildman–Crippen MR) is 62.0 cm³/mol. The van der Waals surface area contributed by atoms with Crippen molar-refractivity contribution in [3.63, 3.8) is 0 Å². The molecule has 1 aromatic rings. The van der Waals surface area contributed by atoms with Gasteiger partial charge in [0.1, 0.15) is 4.99 Å². The van der Waals surface area contributed by atoms with Gasteiger partial charge in [0, 0.05) is 5.56 Å². The van der Waals surface area contributed by atoms with Gasteiger partial charge in [-0.05, 0) is 12.1 Å². The highest BCUT2D eigenvalue weighted by atomic mass is 35.5. The predicted octanol–water partition coefficient (Wildman–Crippen LogP) is 1.33. The van der Waals surface area contributed by atoms with Gasteiger partial charge < -0.3 is 10.8 Å². The van der Waals surface area contributed by atoms with E-state index in [4.69, 9.17) is 40.5 Å². The second kappa shape index (κ2) is 4.43. The summed E-state index contributed by atoms with van der Waals surface area (Å²) >= 11 is 10.5. The summed E-state index contributed by atoms with van der Waals surface area (Å²) in [5, 5.41) is 9.38. The van der Waals surface area contributed by atoms with Crippen LogP contribution >= 0.6 is 23.8 Å². The number of carboxylic acid groups (broad SMARTS) is 1. The SMILES string of the molecule is NC(=S)c1ccc(Cl)c(N(N)C(=O)O)c1. The summed E-state index contributed by atoms with van der Waals surface area (Å²) in [5.41, 5.74) is 6.03. The number of amides is 1. The average Bonchev–Trinajstić information content (AvgIpc) is 2.16. The normalized spacial score (nSPS) is 9.73. The summed E-state index contributed by atoms with van der Waals surface area (Å²) < 4.78 is 0. The number of benzene rings is 1. The Hall–Kier alpha value is -1.37. The highest BCUT2D eigenvalue weighted by molar-refractivity contribution is 7.80. The lowest BCUT2D eigenvalue weighted by Gasteiger charge is -2.14. The number of thiocarbonyl (C=S) groups is 1. The van der Waals surface area contributed by atoms with Crippen LogP contribution in [0.3, 0.4) is 0 Å². The van der Waals surface area contributed by atoms with Crippen LogP contribution in [0.15, 0.2) is 18.2 Å². The van der Waals surface area contributed by atoms with Gasteiger partial charge >= 0.3 is 6.09 Å². The van der Waals surface area contributed by atoms with Crippen LogP contribution in [0.5, 0.6) is 0 Å². The largest absolute Gasteiger partial charge is 0.464 e. The van der Waals surface area contributed by atoms with Gasteiger partial charge in [-0.15, -0.1) is 0 Å². The summed E-state index contributed by atoms with van der Waals surface area (Å²) in [6.45, 7) is 0. The number of carbonyl (C=O) groups is 1. The molecule has 0 spiro atoms. The van der Waals surface area contributed by atoms with Gasteiger partial charge in [-0.3, -0.25) is 0 Å². The van der Waals surface area contributed by atoms with E-state index in [1.54, 1.807) is 6.07 Å². The molecule has 0 aliphatic heterocycles. The Labute approximate surface area is 96.2 Å². The number of rotatable bonds is 2. The summed E-state index contributed by atoms with van der Waals surface area (Å²) in [7, 11) is 0. The molecule has 0 atom stereocenters. The average molecular weight is 246 g/mol. The molecule has 0 unspecified atom stereocenters. The second-order valence-corrected chi connectivity index (χ2v) is 3.53. The molecule has 1 amide bonds. The molecule has 0 heterocycles. The van der Waals surface area contributed by atoms with Gasteiger partial charge in [0.2, 0.25) is 0 Å². The molecule has 0 aromatic heterocycles. The maximum absolute atomic E-state index is 10.6.